The second-order valence-electron chi connectivity index (χ2n) is 3.76. The quantitative estimate of drug-likeness (QED) is 0.804. The molecule has 0 heterocycles. The molecular formula is C13H15N3O2S. The second kappa shape index (κ2) is 6.79. The molecule has 100 valence electrons. The smallest absolute Gasteiger partial charge is 0.249 e. The first kappa shape index (κ1) is 15.0. The van der Waals surface area contributed by atoms with E-state index in [4.69, 9.17) is 11.0 Å². The Morgan fingerprint density at radius 1 is 1.47 bits per heavy atom. The van der Waals surface area contributed by atoms with Crippen LogP contribution in [0.4, 0.5) is 5.69 Å². The number of hydrogen-bond donors (Lipinski definition) is 2. The van der Waals surface area contributed by atoms with Crippen molar-refractivity contribution in [1.29, 1.82) is 5.26 Å². The maximum Gasteiger partial charge on any atom is 0.249 e. The third-order valence-electron chi connectivity index (χ3n) is 2.35. The Kier molecular flexibility index (Phi) is 5.37. The molecule has 1 rings (SSSR count). The topological polar surface area (TPSA) is 96.0 Å². The Morgan fingerprint density at radius 2 is 2.21 bits per heavy atom. The van der Waals surface area contributed by atoms with Gasteiger partial charge in [-0.1, -0.05) is 24.8 Å². The zero-order valence-electron chi connectivity index (χ0n) is 10.6. The average Bonchev–Trinajstić information content (AvgIpc) is 2.37. The molecule has 5 nitrogen and oxygen atoms in total. The molecule has 0 radical (unpaired) electrons. The van der Waals surface area contributed by atoms with Gasteiger partial charge in [-0.05, 0) is 24.6 Å². The summed E-state index contributed by atoms with van der Waals surface area (Å²) in [4.78, 5) is 0. The van der Waals surface area contributed by atoms with Crippen LogP contribution in [0.25, 0.3) is 0 Å². The van der Waals surface area contributed by atoms with Crippen molar-refractivity contribution in [3.05, 3.63) is 29.8 Å². The van der Waals surface area contributed by atoms with Gasteiger partial charge in [0.15, 0.2) is 5.25 Å². The molecule has 1 unspecified atom stereocenters. The lowest BCUT2D eigenvalue weighted by Crippen LogP contribution is -2.25. The van der Waals surface area contributed by atoms with Gasteiger partial charge in [0.1, 0.15) is 0 Å². The lowest BCUT2D eigenvalue weighted by molar-refractivity contribution is 0.593. The van der Waals surface area contributed by atoms with Gasteiger partial charge in [-0.15, -0.1) is 0 Å². The van der Waals surface area contributed by atoms with Crippen LogP contribution in [0.5, 0.6) is 0 Å². The highest BCUT2D eigenvalue weighted by Crippen LogP contribution is 2.15. The van der Waals surface area contributed by atoms with E-state index in [-0.39, 0.29) is 13.0 Å². The van der Waals surface area contributed by atoms with Crippen LogP contribution in [0.1, 0.15) is 18.9 Å². The van der Waals surface area contributed by atoms with Gasteiger partial charge in [-0.3, -0.25) is 4.72 Å². The van der Waals surface area contributed by atoms with Crippen LogP contribution in [0.15, 0.2) is 24.3 Å². The van der Waals surface area contributed by atoms with Crippen LogP contribution in [0, 0.1) is 23.2 Å². The van der Waals surface area contributed by atoms with Gasteiger partial charge in [0.25, 0.3) is 0 Å². The largest absolute Gasteiger partial charge is 0.320 e. The molecule has 0 aromatic heterocycles. The Bertz CT molecular complexity index is 636. The van der Waals surface area contributed by atoms with E-state index in [1.807, 2.05) is 0 Å². The fourth-order valence-corrected chi connectivity index (χ4v) is 2.60. The van der Waals surface area contributed by atoms with E-state index in [0.717, 1.165) is 0 Å². The van der Waals surface area contributed by atoms with Crippen molar-refractivity contribution < 1.29 is 8.42 Å². The predicted octanol–water partition coefficient (Wildman–Crippen LogP) is 1.04. The molecule has 0 aliphatic heterocycles. The monoisotopic (exact) mass is 277 g/mol. The fourth-order valence-electron chi connectivity index (χ4n) is 1.43. The second-order valence-corrected chi connectivity index (χ2v) is 5.62. The minimum absolute atomic E-state index is 0.235. The molecule has 6 heteroatoms. The Morgan fingerprint density at radius 3 is 2.79 bits per heavy atom. The van der Waals surface area contributed by atoms with E-state index in [1.165, 1.54) is 0 Å². The average molecular weight is 277 g/mol. The number of anilines is 1. The standard InChI is InChI=1S/C13H15N3O2S/c1-2-13(10-15)19(17,18)16-12-7-3-5-11(9-12)6-4-8-14/h3,5,7,9,13,16H,2,8,14H2,1H3. The summed E-state index contributed by atoms with van der Waals surface area (Å²) in [6.07, 6.45) is 0.235. The molecule has 0 bridgehead atoms. The molecule has 0 aliphatic carbocycles. The van der Waals surface area contributed by atoms with E-state index in [0.29, 0.717) is 11.3 Å². The summed E-state index contributed by atoms with van der Waals surface area (Å²) >= 11 is 0. The van der Waals surface area contributed by atoms with Gasteiger partial charge in [-0.25, -0.2) is 8.42 Å². The third kappa shape index (κ3) is 4.29. The van der Waals surface area contributed by atoms with Crippen LogP contribution in [-0.2, 0) is 10.0 Å². The minimum Gasteiger partial charge on any atom is -0.320 e. The molecule has 1 atom stereocenters. The fraction of sp³-hybridized carbons (Fsp3) is 0.308. The zero-order valence-corrected chi connectivity index (χ0v) is 11.4. The first-order chi connectivity index (χ1) is 9.03. The van der Waals surface area contributed by atoms with Crippen molar-refractivity contribution in [2.24, 2.45) is 5.73 Å². The summed E-state index contributed by atoms with van der Waals surface area (Å²) in [6.45, 7) is 1.89. The number of nitriles is 1. The molecular weight excluding hydrogens is 262 g/mol. The molecule has 0 saturated heterocycles. The van der Waals surface area contributed by atoms with Gasteiger partial charge in [0.05, 0.1) is 12.6 Å². The Hall–Kier alpha value is -2.02. The lowest BCUT2D eigenvalue weighted by atomic mass is 10.2. The number of sulfonamides is 1. The van der Waals surface area contributed by atoms with Crippen molar-refractivity contribution in [1.82, 2.24) is 0 Å². The normalized spacial score (nSPS) is 11.8. The number of hydrogen-bond acceptors (Lipinski definition) is 4. The first-order valence-electron chi connectivity index (χ1n) is 5.73. The van der Waals surface area contributed by atoms with Crippen molar-refractivity contribution >= 4 is 15.7 Å². The van der Waals surface area contributed by atoms with E-state index < -0.39 is 15.3 Å². The summed E-state index contributed by atoms with van der Waals surface area (Å²) < 4.78 is 26.2. The maximum atomic E-state index is 11.9. The molecule has 3 N–H and O–H groups in total. The molecule has 1 aromatic rings. The maximum absolute atomic E-state index is 11.9. The highest BCUT2D eigenvalue weighted by Gasteiger charge is 2.23. The van der Waals surface area contributed by atoms with Gasteiger partial charge >= 0.3 is 0 Å². The zero-order chi connectivity index (χ0) is 14.3. The Balaban J connectivity index is 2.98. The minimum atomic E-state index is -3.70. The van der Waals surface area contributed by atoms with Gasteiger partial charge in [-0.2, -0.15) is 5.26 Å². The number of benzene rings is 1. The SMILES string of the molecule is CCC(C#N)S(=O)(=O)Nc1cccc(C#CCN)c1. The summed E-state index contributed by atoms with van der Waals surface area (Å²) in [5.41, 5.74) is 6.32. The highest BCUT2D eigenvalue weighted by atomic mass is 32.2. The van der Waals surface area contributed by atoms with Crippen molar-refractivity contribution in [2.45, 2.75) is 18.6 Å². The number of rotatable bonds is 4. The van der Waals surface area contributed by atoms with Crippen LogP contribution in [0.2, 0.25) is 0 Å². The molecule has 0 aliphatic rings. The number of nitrogens with two attached hydrogens (primary N) is 1. The van der Waals surface area contributed by atoms with Gasteiger partial charge in [0, 0.05) is 11.3 Å². The van der Waals surface area contributed by atoms with Crippen LogP contribution >= 0.6 is 0 Å². The van der Waals surface area contributed by atoms with Crippen LogP contribution < -0.4 is 10.5 Å². The van der Waals surface area contributed by atoms with E-state index in [2.05, 4.69) is 16.6 Å². The van der Waals surface area contributed by atoms with Crippen molar-refractivity contribution in [3.63, 3.8) is 0 Å². The molecule has 1 aromatic carbocycles. The van der Waals surface area contributed by atoms with Crippen LogP contribution in [-0.4, -0.2) is 20.2 Å². The summed E-state index contributed by atoms with van der Waals surface area (Å²) in [7, 11) is -3.70. The van der Waals surface area contributed by atoms with E-state index >= 15 is 0 Å². The highest BCUT2D eigenvalue weighted by molar-refractivity contribution is 7.93. The van der Waals surface area contributed by atoms with Gasteiger partial charge < -0.3 is 5.73 Å². The van der Waals surface area contributed by atoms with E-state index in [9.17, 15) is 8.42 Å². The Labute approximate surface area is 113 Å². The lowest BCUT2D eigenvalue weighted by Gasteiger charge is -2.11. The summed E-state index contributed by atoms with van der Waals surface area (Å²) in [6, 6.07) is 8.41. The van der Waals surface area contributed by atoms with Crippen LogP contribution in [0.3, 0.4) is 0 Å². The molecule has 0 spiro atoms. The van der Waals surface area contributed by atoms with E-state index in [1.54, 1.807) is 37.3 Å². The molecule has 0 fully saturated rings. The first-order valence-corrected chi connectivity index (χ1v) is 7.28. The van der Waals surface area contributed by atoms with Crippen molar-refractivity contribution in [3.8, 4) is 17.9 Å². The summed E-state index contributed by atoms with van der Waals surface area (Å²) in [5, 5.41) is 7.74. The third-order valence-corrected chi connectivity index (χ3v) is 4.05. The van der Waals surface area contributed by atoms with Crippen molar-refractivity contribution in [2.75, 3.05) is 11.3 Å². The molecule has 0 amide bonds. The van der Waals surface area contributed by atoms with Gasteiger partial charge in [0.2, 0.25) is 10.0 Å². The predicted molar refractivity (Wildman–Crippen MR) is 74.6 cm³/mol. The summed E-state index contributed by atoms with van der Waals surface area (Å²) in [5.74, 6) is 5.50. The number of nitrogens with zero attached hydrogens (tertiary/aromatic N) is 1. The number of nitrogens with one attached hydrogen (secondary N) is 1. The molecule has 0 saturated carbocycles. The molecule has 19 heavy (non-hydrogen) atoms.